The minimum Gasteiger partial charge on any atom is -0.392 e. The lowest BCUT2D eigenvalue weighted by molar-refractivity contribution is -0.119. The van der Waals surface area contributed by atoms with Gasteiger partial charge in [0.1, 0.15) is 5.78 Å². The lowest BCUT2D eigenvalue weighted by atomic mass is 9.81. The van der Waals surface area contributed by atoms with E-state index in [4.69, 9.17) is 0 Å². The molecule has 1 rings (SSSR count). The van der Waals surface area contributed by atoms with Crippen LogP contribution in [0.5, 0.6) is 0 Å². The van der Waals surface area contributed by atoms with Crippen molar-refractivity contribution >= 4 is 5.78 Å². The molecule has 88 valence electrons. The predicted molar refractivity (Wildman–Crippen MR) is 61.7 cm³/mol. The first-order chi connectivity index (χ1) is 7.09. The fraction of sp³-hybridized carbons (Fsp3) is 0.923. The normalized spacial score (nSPS) is 22.3. The van der Waals surface area contributed by atoms with Crippen molar-refractivity contribution in [1.29, 1.82) is 0 Å². The predicted octanol–water partition coefficient (Wildman–Crippen LogP) is 2.93. The first-order valence-electron chi connectivity index (χ1n) is 6.27. The van der Waals surface area contributed by atoms with E-state index in [2.05, 4.69) is 6.92 Å². The summed E-state index contributed by atoms with van der Waals surface area (Å²) in [4.78, 5) is 10.9. The van der Waals surface area contributed by atoms with Gasteiger partial charge in [-0.1, -0.05) is 39.0 Å². The highest BCUT2D eigenvalue weighted by molar-refractivity contribution is 5.75. The topological polar surface area (TPSA) is 37.3 Å². The molecule has 0 aliphatic heterocycles. The average Bonchev–Trinajstić information content (AvgIpc) is 2.18. The molecular formula is C13H24O2. The van der Waals surface area contributed by atoms with Crippen LogP contribution in [0.1, 0.15) is 58.8 Å². The van der Waals surface area contributed by atoms with Crippen molar-refractivity contribution in [3.63, 3.8) is 0 Å². The summed E-state index contributed by atoms with van der Waals surface area (Å²) in [5, 5.41) is 9.80. The molecule has 1 aliphatic carbocycles. The van der Waals surface area contributed by atoms with Crippen LogP contribution in [0.15, 0.2) is 0 Å². The number of carbonyl (C=O) groups is 1. The van der Waals surface area contributed by atoms with Crippen molar-refractivity contribution in [2.45, 2.75) is 64.9 Å². The third-order valence-electron chi connectivity index (χ3n) is 3.58. The van der Waals surface area contributed by atoms with E-state index in [0.29, 0.717) is 6.42 Å². The maximum atomic E-state index is 10.9. The van der Waals surface area contributed by atoms with Crippen LogP contribution in [0.2, 0.25) is 0 Å². The summed E-state index contributed by atoms with van der Waals surface area (Å²) in [7, 11) is 0. The summed E-state index contributed by atoms with van der Waals surface area (Å²) in [6.45, 7) is 3.62. The van der Waals surface area contributed by atoms with Crippen molar-refractivity contribution < 1.29 is 9.90 Å². The quantitative estimate of drug-likeness (QED) is 0.760. The molecule has 0 spiro atoms. The van der Waals surface area contributed by atoms with Crippen molar-refractivity contribution in [3.8, 4) is 0 Å². The van der Waals surface area contributed by atoms with Crippen LogP contribution >= 0.6 is 0 Å². The average molecular weight is 212 g/mol. The molecule has 2 atom stereocenters. The SMILES string of the molecule is CC(=O)CC(O)C(C)CC1CCCCC1. The van der Waals surface area contributed by atoms with Gasteiger partial charge < -0.3 is 5.11 Å². The second kappa shape index (κ2) is 6.26. The zero-order chi connectivity index (χ0) is 11.3. The van der Waals surface area contributed by atoms with Gasteiger partial charge in [0.15, 0.2) is 0 Å². The molecule has 0 aromatic rings. The molecule has 2 nitrogen and oxygen atoms in total. The van der Waals surface area contributed by atoms with Crippen LogP contribution in [0, 0.1) is 11.8 Å². The van der Waals surface area contributed by atoms with Gasteiger partial charge in [-0.2, -0.15) is 0 Å². The molecular weight excluding hydrogens is 188 g/mol. The number of hydrogen-bond acceptors (Lipinski definition) is 2. The number of aliphatic hydroxyl groups is 1. The van der Waals surface area contributed by atoms with Crippen LogP contribution in [0.3, 0.4) is 0 Å². The molecule has 0 aromatic heterocycles. The molecule has 0 aromatic carbocycles. The van der Waals surface area contributed by atoms with E-state index in [9.17, 15) is 9.90 Å². The Morgan fingerprint density at radius 1 is 1.33 bits per heavy atom. The van der Waals surface area contributed by atoms with E-state index in [1.165, 1.54) is 32.1 Å². The number of ketones is 1. The van der Waals surface area contributed by atoms with Crippen LogP contribution in [-0.2, 0) is 4.79 Å². The third kappa shape index (κ3) is 4.78. The summed E-state index contributed by atoms with van der Waals surface area (Å²) < 4.78 is 0. The van der Waals surface area contributed by atoms with Crippen molar-refractivity contribution in [3.05, 3.63) is 0 Å². The third-order valence-corrected chi connectivity index (χ3v) is 3.58. The monoisotopic (exact) mass is 212 g/mol. The summed E-state index contributed by atoms with van der Waals surface area (Å²) in [5.41, 5.74) is 0. The van der Waals surface area contributed by atoms with Crippen LogP contribution in [-0.4, -0.2) is 17.0 Å². The Labute approximate surface area is 93.1 Å². The van der Waals surface area contributed by atoms with Crippen LogP contribution < -0.4 is 0 Å². The maximum Gasteiger partial charge on any atom is 0.132 e. The highest BCUT2D eigenvalue weighted by atomic mass is 16.3. The number of hydrogen-bond donors (Lipinski definition) is 1. The molecule has 2 heteroatoms. The molecule has 1 N–H and O–H groups in total. The second-order valence-electron chi connectivity index (χ2n) is 5.19. The summed E-state index contributed by atoms with van der Waals surface area (Å²) >= 11 is 0. The number of aliphatic hydroxyl groups excluding tert-OH is 1. The second-order valence-corrected chi connectivity index (χ2v) is 5.19. The zero-order valence-electron chi connectivity index (χ0n) is 10.0. The van der Waals surface area contributed by atoms with Gasteiger partial charge in [-0.15, -0.1) is 0 Å². The Morgan fingerprint density at radius 2 is 1.93 bits per heavy atom. The molecule has 1 saturated carbocycles. The molecule has 0 saturated heterocycles. The van der Waals surface area contributed by atoms with E-state index in [0.717, 1.165) is 12.3 Å². The Morgan fingerprint density at radius 3 is 2.47 bits per heavy atom. The summed E-state index contributed by atoms with van der Waals surface area (Å²) in [6, 6.07) is 0. The van der Waals surface area contributed by atoms with E-state index in [1.807, 2.05) is 0 Å². The van der Waals surface area contributed by atoms with Gasteiger partial charge in [-0.3, -0.25) is 4.79 Å². The van der Waals surface area contributed by atoms with Gasteiger partial charge in [0.2, 0.25) is 0 Å². The van der Waals surface area contributed by atoms with E-state index in [1.54, 1.807) is 6.92 Å². The van der Waals surface area contributed by atoms with Gasteiger partial charge >= 0.3 is 0 Å². The highest BCUT2D eigenvalue weighted by Gasteiger charge is 2.21. The van der Waals surface area contributed by atoms with E-state index >= 15 is 0 Å². The molecule has 0 radical (unpaired) electrons. The Kier molecular flexibility index (Phi) is 5.30. The first-order valence-corrected chi connectivity index (χ1v) is 6.27. The zero-order valence-corrected chi connectivity index (χ0v) is 10.0. The lowest BCUT2D eigenvalue weighted by Crippen LogP contribution is -2.23. The Hall–Kier alpha value is -0.370. The van der Waals surface area contributed by atoms with Gasteiger partial charge in [0.05, 0.1) is 6.10 Å². The maximum absolute atomic E-state index is 10.9. The van der Waals surface area contributed by atoms with Gasteiger partial charge in [0, 0.05) is 6.42 Å². The van der Waals surface area contributed by atoms with Crippen LogP contribution in [0.4, 0.5) is 0 Å². The minimum atomic E-state index is -0.426. The molecule has 1 fully saturated rings. The first kappa shape index (κ1) is 12.7. The number of rotatable bonds is 5. The molecule has 15 heavy (non-hydrogen) atoms. The summed E-state index contributed by atoms with van der Waals surface area (Å²) in [6.07, 6.45) is 7.70. The molecule has 1 aliphatic rings. The standard InChI is InChI=1S/C13H24O2/c1-10(13(15)9-11(2)14)8-12-6-4-3-5-7-12/h10,12-13,15H,3-9H2,1-2H3. The lowest BCUT2D eigenvalue weighted by Gasteiger charge is -2.26. The van der Waals surface area contributed by atoms with E-state index in [-0.39, 0.29) is 11.7 Å². The largest absolute Gasteiger partial charge is 0.392 e. The summed E-state index contributed by atoms with van der Waals surface area (Å²) in [5.74, 6) is 1.16. The van der Waals surface area contributed by atoms with Crippen molar-refractivity contribution in [1.82, 2.24) is 0 Å². The molecule has 0 bridgehead atoms. The molecule has 0 heterocycles. The van der Waals surface area contributed by atoms with E-state index < -0.39 is 6.10 Å². The molecule has 0 amide bonds. The fourth-order valence-corrected chi connectivity index (χ4v) is 2.60. The molecule has 2 unspecified atom stereocenters. The number of carbonyl (C=O) groups excluding carboxylic acids is 1. The van der Waals surface area contributed by atoms with Crippen molar-refractivity contribution in [2.75, 3.05) is 0 Å². The number of Topliss-reactive ketones (excluding diaryl/α,β-unsaturated/α-hetero) is 1. The van der Waals surface area contributed by atoms with Gasteiger partial charge in [-0.25, -0.2) is 0 Å². The van der Waals surface area contributed by atoms with Gasteiger partial charge in [0.25, 0.3) is 0 Å². The fourth-order valence-electron chi connectivity index (χ4n) is 2.60. The highest BCUT2D eigenvalue weighted by Crippen LogP contribution is 2.30. The Balaban J connectivity index is 2.26. The van der Waals surface area contributed by atoms with Gasteiger partial charge in [-0.05, 0) is 25.2 Å². The smallest absolute Gasteiger partial charge is 0.132 e. The minimum absolute atomic E-state index is 0.0954. The Bertz CT molecular complexity index is 195. The van der Waals surface area contributed by atoms with Crippen molar-refractivity contribution in [2.24, 2.45) is 11.8 Å². The van der Waals surface area contributed by atoms with Crippen LogP contribution in [0.25, 0.3) is 0 Å².